The van der Waals surface area contributed by atoms with E-state index in [1.807, 2.05) is 0 Å². The van der Waals surface area contributed by atoms with Gasteiger partial charge in [0.1, 0.15) is 5.75 Å². The summed E-state index contributed by atoms with van der Waals surface area (Å²) in [5.74, 6) is 0.0214. The molecule has 27 heavy (non-hydrogen) atoms. The number of carbonyl (C=O) groups is 1. The first-order valence-corrected chi connectivity index (χ1v) is 9.87. The molecule has 2 aromatic carbocycles. The molecule has 0 radical (unpaired) electrons. The van der Waals surface area contributed by atoms with Crippen molar-refractivity contribution in [3.05, 3.63) is 53.6 Å². The molecule has 0 heterocycles. The Morgan fingerprint density at radius 1 is 1.19 bits per heavy atom. The number of nitrogens with one attached hydrogen (secondary N) is 2. The molecule has 1 amide bonds. The predicted octanol–water partition coefficient (Wildman–Crippen LogP) is 2.27. The van der Waals surface area contributed by atoms with Crippen LogP contribution in [0.3, 0.4) is 0 Å². The van der Waals surface area contributed by atoms with Crippen LogP contribution in [0.1, 0.15) is 29.8 Å². The highest BCUT2D eigenvalue weighted by Gasteiger charge is 2.23. The highest BCUT2D eigenvalue weighted by molar-refractivity contribution is 7.92. The molecule has 4 N–H and O–H groups in total. The number of ether oxygens (including phenoxy) is 1. The third-order valence-corrected chi connectivity index (χ3v) is 5.44. The van der Waals surface area contributed by atoms with Crippen LogP contribution in [-0.4, -0.2) is 33.5 Å². The Bertz CT molecular complexity index is 940. The fraction of sp³-hybridized carbons (Fsp3) is 0.316. The molecule has 0 fully saturated rings. The van der Waals surface area contributed by atoms with Gasteiger partial charge >= 0.3 is 0 Å². The van der Waals surface area contributed by atoms with Gasteiger partial charge in [-0.1, -0.05) is 18.2 Å². The number of carbonyl (C=O) groups excluding carboxylic acids is 1. The molecule has 0 spiro atoms. The maximum atomic E-state index is 12.8. The Morgan fingerprint density at radius 2 is 1.85 bits per heavy atom. The minimum absolute atomic E-state index is 0.0188. The normalized spacial score (nSPS) is 11.7. The lowest BCUT2D eigenvalue weighted by atomic mass is 10.0. The summed E-state index contributed by atoms with van der Waals surface area (Å²) in [5, 5.41) is 2.81. The lowest BCUT2D eigenvalue weighted by molar-refractivity contribution is 0.0915. The van der Waals surface area contributed by atoms with E-state index in [2.05, 4.69) is 10.0 Å². The minimum Gasteiger partial charge on any atom is -0.495 e. The van der Waals surface area contributed by atoms with Gasteiger partial charge in [-0.15, -0.1) is 0 Å². The maximum absolute atomic E-state index is 12.8. The zero-order chi connectivity index (χ0) is 20.2. The molecule has 2 rings (SSSR count). The van der Waals surface area contributed by atoms with E-state index >= 15 is 0 Å². The van der Waals surface area contributed by atoms with Gasteiger partial charge in [-0.05, 0) is 50.6 Å². The third kappa shape index (κ3) is 4.99. The summed E-state index contributed by atoms with van der Waals surface area (Å²) >= 11 is 0. The van der Waals surface area contributed by atoms with Crippen LogP contribution in [0.5, 0.6) is 5.75 Å². The number of hydrogen-bond donors (Lipinski definition) is 3. The van der Waals surface area contributed by atoms with Crippen molar-refractivity contribution in [2.75, 3.05) is 18.4 Å². The second-order valence-corrected chi connectivity index (χ2v) is 8.51. The Morgan fingerprint density at radius 3 is 2.48 bits per heavy atom. The topological polar surface area (TPSA) is 111 Å². The largest absolute Gasteiger partial charge is 0.495 e. The molecular formula is C19H25N3O4S. The standard InChI is InChI=1S/C19H25N3O4S/c1-13-9-10-14(11-15(13)18(23)21-19(2,3)12-20)27(24,25)22-16-7-5-6-8-17(16)26-4/h5-11,22H,12,20H2,1-4H3,(H,21,23). The summed E-state index contributed by atoms with van der Waals surface area (Å²) in [5.41, 5.74) is 6.30. The zero-order valence-electron chi connectivity index (χ0n) is 15.9. The molecule has 0 atom stereocenters. The van der Waals surface area contributed by atoms with Crippen LogP contribution in [-0.2, 0) is 10.0 Å². The van der Waals surface area contributed by atoms with Gasteiger partial charge in [0, 0.05) is 17.6 Å². The van der Waals surface area contributed by atoms with Crippen molar-refractivity contribution >= 4 is 21.6 Å². The van der Waals surface area contributed by atoms with Gasteiger partial charge in [-0.3, -0.25) is 9.52 Å². The SMILES string of the molecule is COc1ccccc1NS(=O)(=O)c1ccc(C)c(C(=O)NC(C)(C)CN)c1. The first-order chi connectivity index (χ1) is 12.6. The summed E-state index contributed by atoms with van der Waals surface area (Å²) < 4.78 is 33.2. The van der Waals surface area contributed by atoms with Crippen LogP contribution in [0.2, 0.25) is 0 Å². The number of sulfonamides is 1. The lowest BCUT2D eigenvalue weighted by Gasteiger charge is -2.24. The van der Waals surface area contributed by atoms with E-state index in [0.29, 0.717) is 17.0 Å². The van der Waals surface area contributed by atoms with Gasteiger partial charge in [-0.25, -0.2) is 8.42 Å². The molecule has 0 aromatic heterocycles. The number of benzene rings is 2. The predicted molar refractivity (Wildman–Crippen MR) is 106 cm³/mol. The number of anilines is 1. The number of nitrogens with two attached hydrogens (primary N) is 1. The summed E-state index contributed by atoms with van der Waals surface area (Å²) in [6.45, 7) is 5.59. The zero-order valence-corrected chi connectivity index (χ0v) is 16.7. The average Bonchev–Trinajstić information content (AvgIpc) is 2.61. The number of hydrogen-bond acceptors (Lipinski definition) is 5. The molecule has 146 valence electrons. The van der Waals surface area contributed by atoms with Gasteiger partial charge in [0.25, 0.3) is 15.9 Å². The van der Waals surface area contributed by atoms with E-state index in [1.54, 1.807) is 51.1 Å². The molecule has 0 aliphatic rings. The smallest absolute Gasteiger partial charge is 0.262 e. The van der Waals surface area contributed by atoms with Gasteiger partial charge in [-0.2, -0.15) is 0 Å². The number of aryl methyl sites for hydroxylation is 1. The van der Waals surface area contributed by atoms with Crippen molar-refractivity contribution in [1.82, 2.24) is 5.32 Å². The Labute approximate surface area is 160 Å². The first kappa shape index (κ1) is 20.7. The Kier molecular flexibility index (Phi) is 6.12. The van der Waals surface area contributed by atoms with Crippen molar-refractivity contribution in [2.45, 2.75) is 31.2 Å². The van der Waals surface area contributed by atoms with E-state index < -0.39 is 15.6 Å². The molecule has 0 aliphatic heterocycles. The van der Waals surface area contributed by atoms with Gasteiger partial charge in [0.05, 0.1) is 17.7 Å². The molecule has 2 aromatic rings. The molecule has 0 bridgehead atoms. The molecule has 0 saturated heterocycles. The molecule has 0 saturated carbocycles. The summed E-state index contributed by atoms with van der Waals surface area (Å²) in [6.07, 6.45) is 0. The van der Waals surface area contributed by atoms with Gasteiger partial charge < -0.3 is 15.8 Å². The number of rotatable bonds is 7. The quantitative estimate of drug-likeness (QED) is 0.671. The van der Waals surface area contributed by atoms with Crippen molar-refractivity contribution < 1.29 is 17.9 Å². The van der Waals surface area contributed by atoms with Crippen LogP contribution in [0.4, 0.5) is 5.69 Å². The van der Waals surface area contributed by atoms with Crippen LogP contribution < -0.4 is 20.5 Å². The average molecular weight is 391 g/mol. The molecule has 0 aliphatic carbocycles. The minimum atomic E-state index is -3.90. The van der Waals surface area contributed by atoms with E-state index in [1.165, 1.54) is 19.2 Å². The summed E-state index contributed by atoms with van der Waals surface area (Å²) in [7, 11) is -2.44. The number of para-hydroxylation sites is 2. The van der Waals surface area contributed by atoms with E-state index in [0.717, 1.165) is 0 Å². The van der Waals surface area contributed by atoms with E-state index in [4.69, 9.17) is 10.5 Å². The number of amides is 1. The molecule has 0 unspecified atom stereocenters. The summed E-state index contributed by atoms with van der Waals surface area (Å²) in [4.78, 5) is 12.6. The van der Waals surface area contributed by atoms with E-state index in [9.17, 15) is 13.2 Å². The van der Waals surface area contributed by atoms with Crippen LogP contribution >= 0.6 is 0 Å². The Balaban J connectivity index is 2.37. The van der Waals surface area contributed by atoms with Crippen molar-refractivity contribution in [3.8, 4) is 5.75 Å². The van der Waals surface area contributed by atoms with E-state index in [-0.39, 0.29) is 22.9 Å². The number of methoxy groups -OCH3 is 1. The second kappa shape index (κ2) is 7.98. The molecular weight excluding hydrogens is 366 g/mol. The summed E-state index contributed by atoms with van der Waals surface area (Å²) in [6, 6.07) is 11.1. The maximum Gasteiger partial charge on any atom is 0.262 e. The van der Waals surface area contributed by atoms with Crippen molar-refractivity contribution in [3.63, 3.8) is 0 Å². The van der Waals surface area contributed by atoms with Gasteiger partial charge in [0.2, 0.25) is 0 Å². The van der Waals surface area contributed by atoms with Crippen LogP contribution in [0.15, 0.2) is 47.4 Å². The fourth-order valence-corrected chi connectivity index (χ4v) is 3.47. The van der Waals surface area contributed by atoms with Gasteiger partial charge in [0.15, 0.2) is 0 Å². The van der Waals surface area contributed by atoms with Crippen molar-refractivity contribution in [2.24, 2.45) is 5.73 Å². The van der Waals surface area contributed by atoms with Crippen LogP contribution in [0.25, 0.3) is 0 Å². The van der Waals surface area contributed by atoms with Crippen LogP contribution in [0, 0.1) is 6.92 Å². The monoisotopic (exact) mass is 391 g/mol. The first-order valence-electron chi connectivity index (χ1n) is 8.39. The fourth-order valence-electron chi connectivity index (χ4n) is 2.37. The highest BCUT2D eigenvalue weighted by atomic mass is 32.2. The Hall–Kier alpha value is -2.58. The highest BCUT2D eigenvalue weighted by Crippen LogP contribution is 2.26. The third-order valence-electron chi connectivity index (χ3n) is 4.08. The molecule has 8 heteroatoms. The second-order valence-electron chi connectivity index (χ2n) is 6.82. The lowest BCUT2D eigenvalue weighted by Crippen LogP contribution is -2.49. The molecule has 7 nitrogen and oxygen atoms in total. The van der Waals surface area contributed by atoms with Crippen molar-refractivity contribution in [1.29, 1.82) is 0 Å².